The van der Waals surface area contributed by atoms with Crippen LogP contribution in [0.3, 0.4) is 0 Å². The van der Waals surface area contributed by atoms with Crippen LogP contribution in [0.2, 0.25) is 0 Å². The lowest BCUT2D eigenvalue weighted by Crippen LogP contribution is -2.59. The van der Waals surface area contributed by atoms with Crippen LogP contribution in [0, 0.1) is 20.8 Å². The molecule has 0 spiro atoms. The highest BCUT2D eigenvalue weighted by molar-refractivity contribution is 6.97. The first-order valence-electron chi connectivity index (χ1n) is 10.7. The summed E-state index contributed by atoms with van der Waals surface area (Å²) in [5, 5.41) is 0. The molecule has 6 rings (SSSR count). The minimum absolute atomic E-state index is 0.229. The third-order valence-electron chi connectivity index (χ3n) is 6.61. The maximum absolute atomic E-state index is 6.44. The average Bonchev–Trinajstić information content (AvgIpc) is 2.74. The lowest BCUT2D eigenvalue weighted by molar-refractivity contribution is 0.487. The molecular formula is C28H23BO. The zero-order valence-electron chi connectivity index (χ0n) is 17.6. The van der Waals surface area contributed by atoms with Crippen LogP contribution in [-0.4, -0.2) is 6.71 Å². The predicted molar refractivity (Wildman–Crippen MR) is 127 cm³/mol. The van der Waals surface area contributed by atoms with Crippen molar-refractivity contribution in [3.05, 3.63) is 101 Å². The Kier molecular flexibility index (Phi) is 3.74. The molecule has 30 heavy (non-hydrogen) atoms. The number of rotatable bonds is 1. The summed E-state index contributed by atoms with van der Waals surface area (Å²) in [5.74, 6) is 2.00. The smallest absolute Gasteiger partial charge is 0.251 e. The largest absolute Gasteiger partial charge is 0.458 e. The molecule has 2 aliphatic heterocycles. The summed E-state index contributed by atoms with van der Waals surface area (Å²) in [4.78, 5) is 0. The average molecular weight is 386 g/mol. The van der Waals surface area contributed by atoms with Crippen LogP contribution in [0.1, 0.15) is 27.8 Å². The minimum Gasteiger partial charge on any atom is -0.458 e. The van der Waals surface area contributed by atoms with Crippen LogP contribution < -0.4 is 21.1 Å². The fraction of sp³-hybridized carbons (Fsp3) is 0.143. The first-order valence-corrected chi connectivity index (χ1v) is 10.7. The molecule has 0 fully saturated rings. The van der Waals surface area contributed by atoms with Gasteiger partial charge in [0.1, 0.15) is 11.5 Å². The molecule has 0 amide bonds. The number of hydrogen-bond donors (Lipinski definition) is 0. The molecule has 4 aromatic rings. The molecule has 2 heterocycles. The van der Waals surface area contributed by atoms with Gasteiger partial charge in [-0.15, -0.1) is 0 Å². The van der Waals surface area contributed by atoms with E-state index in [0.717, 1.165) is 17.9 Å². The quantitative estimate of drug-likeness (QED) is 0.369. The van der Waals surface area contributed by atoms with Crippen LogP contribution in [0.5, 0.6) is 11.5 Å². The lowest BCUT2D eigenvalue weighted by Gasteiger charge is -2.35. The zero-order valence-corrected chi connectivity index (χ0v) is 17.6. The van der Waals surface area contributed by atoms with E-state index in [0.29, 0.717) is 0 Å². The van der Waals surface area contributed by atoms with Gasteiger partial charge in [-0.3, -0.25) is 0 Å². The second-order valence-electron chi connectivity index (χ2n) is 8.83. The Labute approximate surface area is 178 Å². The molecule has 0 aromatic heterocycles. The normalized spacial score (nSPS) is 13.2. The van der Waals surface area contributed by atoms with Gasteiger partial charge in [0, 0.05) is 0 Å². The molecule has 0 bridgehead atoms. The molecule has 0 saturated heterocycles. The molecule has 0 N–H and O–H groups in total. The SMILES string of the molecule is Cc1cccc(-c2ccc3c4c2Cc2ccc(C)cc2B4c2cc(C)ccc2O3)c1. The number of aryl methyl sites for hydroxylation is 3. The van der Waals surface area contributed by atoms with Gasteiger partial charge in [-0.2, -0.15) is 0 Å². The highest BCUT2D eigenvalue weighted by atomic mass is 16.5. The van der Waals surface area contributed by atoms with E-state index < -0.39 is 0 Å². The first kappa shape index (κ1) is 17.6. The van der Waals surface area contributed by atoms with E-state index >= 15 is 0 Å². The van der Waals surface area contributed by atoms with Crippen molar-refractivity contribution in [1.29, 1.82) is 0 Å². The number of hydrogen-bond acceptors (Lipinski definition) is 1. The molecular weight excluding hydrogens is 363 g/mol. The van der Waals surface area contributed by atoms with Crippen molar-refractivity contribution in [3.63, 3.8) is 0 Å². The molecule has 144 valence electrons. The summed E-state index contributed by atoms with van der Waals surface area (Å²) < 4.78 is 6.44. The maximum Gasteiger partial charge on any atom is 0.251 e. The summed E-state index contributed by atoms with van der Waals surface area (Å²) >= 11 is 0. The zero-order chi connectivity index (χ0) is 20.4. The Morgan fingerprint density at radius 3 is 2.27 bits per heavy atom. The third kappa shape index (κ3) is 2.57. The Hall–Kier alpha value is -3.26. The Morgan fingerprint density at radius 1 is 0.700 bits per heavy atom. The Bertz CT molecular complexity index is 1320. The van der Waals surface area contributed by atoms with Crippen LogP contribution in [-0.2, 0) is 6.42 Å². The highest BCUT2D eigenvalue weighted by Crippen LogP contribution is 2.35. The fourth-order valence-corrected chi connectivity index (χ4v) is 5.24. The monoisotopic (exact) mass is 386 g/mol. The van der Waals surface area contributed by atoms with Crippen molar-refractivity contribution in [3.8, 4) is 22.6 Å². The predicted octanol–water partition coefficient (Wildman–Crippen LogP) is 4.80. The van der Waals surface area contributed by atoms with Crippen LogP contribution >= 0.6 is 0 Å². The van der Waals surface area contributed by atoms with Gasteiger partial charge in [-0.05, 0) is 72.5 Å². The Morgan fingerprint density at radius 2 is 1.43 bits per heavy atom. The van der Waals surface area contributed by atoms with E-state index in [1.54, 1.807) is 0 Å². The van der Waals surface area contributed by atoms with Crippen molar-refractivity contribution < 1.29 is 4.74 Å². The van der Waals surface area contributed by atoms with Crippen LogP contribution in [0.15, 0.2) is 72.8 Å². The van der Waals surface area contributed by atoms with Crippen molar-refractivity contribution in [2.24, 2.45) is 0 Å². The van der Waals surface area contributed by atoms with Gasteiger partial charge in [-0.1, -0.05) is 82.8 Å². The standard InChI is InChI=1S/C28H23BO/c1-17-5-4-6-20(13-17)22-10-12-27-28-23(22)16-21-9-7-18(2)14-24(21)29(28)25-15-19(3)8-11-26(25)30-27/h4-15H,16H2,1-3H3. The number of benzene rings is 4. The van der Waals surface area contributed by atoms with Gasteiger partial charge in [0.25, 0.3) is 6.71 Å². The summed E-state index contributed by atoms with van der Waals surface area (Å²) in [7, 11) is 0. The topological polar surface area (TPSA) is 9.23 Å². The molecule has 0 aliphatic carbocycles. The second-order valence-corrected chi connectivity index (χ2v) is 8.83. The van der Waals surface area contributed by atoms with E-state index in [9.17, 15) is 0 Å². The highest BCUT2D eigenvalue weighted by Gasteiger charge is 2.39. The molecule has 0 saturated carbocycles. The molecule has 4 aromatic carbocycles. The van der Waals surface area contributed by atoms with Gasteiger partial charge in [0.15, 0.2) is 0 Å². The van der Waals surface area contributed by atoms with E-state index in [4.69, 9.17) is 4.74 Å². The van der Waals surface area contributed by atoms with Gasteiger partial charge in [0.05, 0.1) is 0 Å². The first-order chi connectivity index (χ1) is 14.6. The molecule has 0 unspecified atom stereocenters. The minimum atomic E-state index is 0.229. The maximum atomic E-state index is 6.44. The van der Waals surface area contributed by atoms with E-state index in [1.165, 1.54) is 55.3 Å². The van der Waals surface area contributed by atoms with Crippen molar-refractivity contribution in [1.82, 2.24) is 0 Å². The lowest BCUT2D eigenvalue weighted by atomic mass is 9.32. The summed E-state index contributed by atoms with van der Waals surface area (Å²) in [6.07, 6.45) is 0.947. The third-order valence-corrected chi connectivity index (χ3v) is 6.61. The van der Waals surface area contributed by atoms with Gasteiger partial charge in [-0.25, -0.2) is 0 Å². The molecule has 0 radical (unpaired) electrons. The van der Waals surface area contributed by atoms with Crippen LogP contribution in [0.25, 0.3) is 11.1 Å². The fourth-order valence-electron chi connectivity index (χ4n) is 5.24. The number of fused-ring (bicyclic) bond motifs is 4. The Balaban J connectivity index is 1.67. The number of ether oxygens (including phenoxy) is 1. The molecule has 1 nitrogen and oxygen atoms in total. The molecule has 2 heteroatoms. The molecule has 2 aliphatic rings. The van der Waals surface area contributed by atoms with Gasteiger partial charge >= 0.3 is 0 Å². The van der Waals surface area contributed by atoms with Crippen molar-refractivity contribution in [2.45, 2.75) is 27.2 Å². The van der Waals surface area contributed by atoms with Crippen LogP contribution in [0.4, 0.5) is 0 Å². The summed E-state index contributed by atoms with van der Waals surface area (Å²) in [6, 6.07) is 26.8. The van der Waals surface area contributed by atoms with E-state index in [1.807, 2.05) is 0 Å². The van der Waals surface area contributed by atoms with Crippen molar-refractivity contribution in [2.75, 3.05) is 0 Å². The van der Waals surface area contributed by atoms with E-state index in [-0.39, 0.29) is 6.71 Å². The van der Waals surface area contributed by atoms with E-state index in [2.05, 4.69) is 93.6 Å². The van der Waals surface area contributed by atoms with Gasteiger partial charge < -0.3 is 4.74 Å². The van der Waals surface area contributed by atoms with Gasteiger partial charge in [0.2, 0.25) is 0 Å². The summed E-state index contributed by atoms with van der Waals surface area (Å²) in [6.45, 7) is 6.75. The molecule has 0 atom stereocenters. The van der Waals surface area contributed by atoms with Crippen molar-refractivity contribution >= 4 is 23.1 Å². The second kappa shape index (κ2) is 6.37. The summed E-state index contributed by atoms with van der Waals surface area (Å²) in [5.41, 5.74) is 13.4.